The molecule has 2 N–H and O–H groups in total. The van der Waals surface area contributed by atoms with Gasteiger partial charge in [0.2, 0.25) is 5.91 Å². The van der Waals surface area contributed by atoms with Gasteiger partial charge in [-0.3, -0.25) is 4.79 Å². The van der Waals surface area contributed by atoms with E-state index in [4.69, 9.17) is 5.73 Å². The van der Waals surface area contributed by atoms with Gasteiger partial charge in [-0.15, -0.1) is 0 Å². The average Bonchev–Trinajstić information content (AvgIpc) is 2.76. The van der Waals surface area contributed by atoms with Gasteiger partial charge in [0.15, 0.2) is 0 Å². The molecule has 4 nitrogen and oxygen atoms in total. The number of hydrogen-bond donors (Lipinski definition) is 1. The van der Waals surface area contributed by atoms with Gasteiger partial charge in [0, 0.05) is 31.6 Å². The van der Waals surface area contributed by atoms with Gasteiger partial charge in [-0.05, 0) is 39.3 Å². The minimum absolute atomic E-state index is 0.200. The standard InChI is InChI=1S/C13H25N3O/c1-10-9-15(2)6-7-16(10)13(17)12-5-3-4-11(12)8-14/h10-12H,3-9,14H2,1-2H3. The van der Waals surface area contributed by atoms with Crippen LogP contribution in [0.5, 0.6) is 0 Å². The Labute approximate surface area is 104 Å². The van der Waals surface area contributed by atoms with E-state index in [1.54, 1.807) is 0 Å². The molecule has 0 aromatic carbocycles. The second kappa shape index (κ2) is 5.36. The SMILES string of the molecule is CC1CN(C)CCN1C(=O)C1CCCC1CN. The molecule has 3 unspecified atom stereocenters. The molecule has 3 atom stereocenters. The number of piperazine rings is 1. The van der Waals surface area contributed by atoms with Crippen molar-refractivity contribution in [1.82, 2.24) is 9.80 Å². The van der Waals surface area contributed by atoms with Crippen LogP contribution < -0.4 is 5.73 Å². The number of amides is 1. The molecule has 0 aromatic heterocycles. The van der Waals surface area contributed by atoms with Gasteiger partial charge >= 0.3 is 0 Å². The lowest BCUT2D eigenvalue weighted by atomic mass is 9.94. The molecular weight excluding hydrogens is 214 g/mol. The van der Waals surface area contributed by atoms with Crippen LogP contribution in [0, 0.1) is 11.8 Å². The Morgan fingerprint density at radius 3 is 2.76 bits per heavy atom. The molecule has 1 heterocycles. The normalized spacial score (nSPS) is 35.2. The van der Waals surface area contributed by atoms with Crippen molar-refractivity contribution >= 4 is 5.91 Å². The average molecular weight is 239 g/mol. The van der Waals surface area contributed by atoms with Crippen molar-refractivity contribution in [3.63, 3.8) is 0 Å². The van der Waals surface area contributed by atoms with Crippen molar-refractivity contribution in [2.45, 2.75) is 32.2 Å². The van der Waals surface area contributed by atoms with Crippen LogP contribution in [0.15, 0.2) is 0 Å². The summed E-state index contributed by atoms with van der Waals surface area (Å²) in [6.45, 7) is 5.69. The minimum Gasteiger partial charge on any atom is -0.337 e. The topological polar surface area (TPSA) is 49.6 Å². The summed E-state index contributed by atoms with van der Waals surface area (Å²) < 4.78 is 0. The Bertz CT molecular complexity index is 282. The molecule has 4 heteroatoms. The summed E-state index contributed by atoms with van der Waals surface area (Å²) in [5.41, 5.74) is 5.77. The van der Waals surface area contributed by atoms with E-state index in [-0.39, 0.29) is 5.92 Å². The van der Waals surface area contributed by atoms with Crippen molar-refractivity contribution < 1.29 is 4.79 Å². The fourth-order valence-corrected chi connectivity index (χ4v) is 3.32. The van der Waals surface area contributed by atoms with E-state index in [0.29, 0.717) is 24.4 Å². The second-order valence-corrected chi connectivity index (χ2v) is 5.68. The molecular formula is C13H25N3O. The number of carbonyl (C=O) groups excluding carboxylic acids is 1. The number of hydrogen-bond acceptors (Lipinski definition) is 3. The molecule has 1 amide bonds. The lowest BCUT2D eigenvalue weighted by Crippen LogP contribution is -2.54. The molecule has 1 saturated carbocycles. The highest BCUT2D eigenvalue weighted by atomic mass is 16.2. The fourth-order valence-electron chi connectivity index (χ4n) is 3.32. The minimum atomic E-state index is 0.200. The highest BCUT2D eigenvalue weighted by molar-refractivity contribution is 5.80. The predicted octanol–water partition coefficient (Wildman–Crippen LogP) is 0.524. The smallest absolute Gasteiger partial charge is 0.226 e. The Morgan fingerprint density at radius 2 is 2.12 bits per heavy atom. The summed E-state index contributed by atoms with van der Waals surface area (Å²) in [6.07, 6.45) is 3.34. The number of nitrogens with zero attached hydrogens (tertiary/aromatic N) is 2. The van der Waals surface area contributed by atoms with Crippen molar-refractivity contribution in [2.24, 2.45) is 17.6 Å². The summed E-state index contributed by atoms with van der Waals surface area (Å²) in [5, 5.41) is 0. The maximum absolute atomic E-state index is 12.5. The summed E-state index contributed by atoms with van der Waals surface area (Å²) in [4.78, 5) is 16.9. The van der Waals surface area contributed by atoms with Gasteiger partial charge in [-0.25, -0.2) is 0 Å². The van der Waals surface area contributed by atoms with Crippen LogP contribution in [0.4, 0.5) is 0 Å². The summed E-state index contributed by atoms with van der Waals surface area (Å²) in [7, 11) is 2.12. The van der Waals surface area contributed by atoms with Gasteiger partial charge in [0.05, 0.1) is 0 Å². The monoisotopic (exact) mass is 239 g/mol. The van der Waals surface area contributed by atoms with E-state index in [0.717, 1.165) is 32.5 Å². The number of nitrogens with two attached hydrogens (primary N) is 1. The first-order valence-electron chi connectivity index (χ1n) is 6.82. The van der Waals surface area contributed by atoms with Crippen LogP contribution in [0.25, 0.3) is 0 Å². The van der Waals surface area contributed by atoms with Crippen molar-refractivity contribution in [2.75, 3.05) is 33.2 Å². The second-order valence-electron chi connectivity index (χ2n) is 5.68. The highest BCUT2D eigenvalue weighted by Gasteiger charge is 2.37. The van der Waals surface area contributed by atoms with E-state index in [1.807, 2.05) is 0 Å². The van der Waals surface area contributed by atoms with Gasteiger partial charge in [0.1, 0.15) is 0 Å². The molecule has 1 saturated heterocycles. The van der Waals surface area contributed by atoms with Crippen molar-refractivity contribution in [1.29, 1.82) is 0 Å². The zero-order valence-corrected chi connectivity index (χ0v) is 11.1. The highest BCUT2D eigenvalue weighted by Crippen LogP contribution is 2.33. The molecule has 2 fully saturated rings. The van der Waals surface area contributed by atoms with Gasteiger partial charge in [-0.2, -0.15) is 0 Å². The fraction of sp³-hybridized carbons (Fsp3) is 0.923. The van der Waals surface area contributed by atoms with Crippen LogP contribution in [-0.2, 0) is 4.79 Å². The first-order chi connectivity index (χ1) is 8.13. The number of carbonyl (C=O) groups is 1. The van der Waals surface area contributed by atoms with E-state index in [9.17, 15) is 4.79 Å². The molecule has 2 aliphatic rings. The molecule has 0 radical (unpaired) electrons. The molecule has 0 spiro atoms. The zero-order valence-electron chi connectivity index (χ0n) is 11.1. The molecule has 0 aromatic rings. The summed E-state index contributed by atoms with van der Waals surface area (Å²) >= 11 is 0. The van der Waals surface area contributed by atoms with Gasteiger partial charge in [-0.1, -0.05) is 6.42 Å². The van der Waals surface area contributed by atoms with Gasteiger partial charge < -0.3 is 15.5 Å². The number of likely N-dealkylation sites (N-methyl/N-ethyl adjacent to an activating group) is 1. The third-order valence-electron chi connectivity index (χ3n) is 4.39. The molecule has 98 valence electrons. The summed E-state index contributed by atoms with van der Waals surface area (Å²) in [5.74, 6) is 0.985. The van der Waals surface area contributed by atoms with Crippen molar-refractivity contribution in [3.05, 3.63) is 0 Å². The van der Waals surface area contributed by atoms with Crippen molar-refractivity contribution in [3.8, 4) is 0 Å². The predicted molar refractivity (Wildman–Crippen MR) is 68.6 cm³/mol. The molecule has 17 heavy (non-hydrogen) atoms. The van der Waals surface area contributed by atoms with Crippen LogP contribution in [0.2, 0.25) is 0 Å². The Hall–Kier alpha value is -0.610. The van der Waals surface area contributed by atoms with E-state index < -0.39 is 0 Å². The van der Waals surface area contributed by atoms with E-state index >= 15 is 0 Å². The molecule has 1 aliphatic carbocycles. The van der Waals surface area contributed by atoms with Crippen LogP contribution in [0.1, 0.15) is 26.2 Å². The van der Waals surface area contributed by atoms with Crippen LogP contribution >= 0.6 is 0 Å². The maximum atomic E-state index is 12.5. The molecule has 0 bridgehead atoms. The van der Waals surface area contributed by atoms with Crippen LogP contribution in [0.3, 0.4) is 0 Å². The maximum Gasteiger partial charge on any atom is 0.226 e. The van der Waals surface area contributed by atoms with E-state index in [2.05, 4.69) is 23.8 Å². The Balaban J connectivity index is 1.99. The quantitative estimate of drug-likeness (QED) is 0.764. The third kappa shape index (κ3) is 2.63. The zero-order chi connectivity index (χ0) is 12.4. The van der Waals surface area contributed by atoms with E-state index in [1.165, 1.54) is 6.42 Å². The number of rotatable bonds is 2. The lowest BCUT2D eigenvalue weighted by Gasteiger charge is -2.40. The van der Waals surface area contributed by atoms with Gasteiger partial charge in [0.25, 0.3) is 0 Å². The summed E-state index contributed by atoms with van der Waals surface area (Å²) in [6, 6.07) is 0.347. The lowest BCUT2D eigenvalue weighted by molar-refractivity contribution is -0.140. The van der Waals surface area contributed by atoms with Crippen LogP contribution in [-0.4, -0.2) is 55.0 Å². The molecule has 2 rings (SSSR count). The third-order valence-corrected chi connectivity index (χ3v) is 4.39. The largest absolute Gasteiger partial charge is 0.337 e. The molecule has 1 aliphatic heterocycles. The Morgan fingerprint density at radius 1 is 1.35 bits per heavy atom. The first-order valence-corrected chi connectivity index (χ1v) is 6.82. The first kappa shape index (κ1) is 12.8. The Kier molecular flexibility index (Phi) is 4.05.